The number of nitrogens with zero attached hydrogens (tertiary/aromatic N) is 3. The monoisotopic (exact) mass is 447 g/mol. The van der Waals surface area contributed by atoms with Crippen LogP contribution in [0.15, 0.2) is 17.5 Å². The molecular weight excluding hydrogens is 414 g/mol. The van der Waals surface area contributed by atoms with Gasteiger partial charge in [0.2, 0.25) is 5.91 Å². The van der Waals surface area contributed by atoms with E-state index in [1.165, 1.54) is 11.1 Å². The number of methoxy groups -OCH3 is 1. The molecule has 0 radical (unpaired) electrons. The Hall–Kier alpha value is -2.00. The minimum Gasteiger partial charge on any atom is -0.486 e. The summed E-state index contributed by atoms with van der Waals surface area (Å²) in [6.07, 6.45) is 0. The van der Waals surface area contributed by atoms with Crippen LogP contribution < -0.4 is 4.74 Å². The third kappa shape index (κ3) is 7.00. The number of ether oxygens (including phenoxy) is 3. The van der Waals surface area contributed by atoms with Crippen molar-refractivity contribution in [3.63, 3.8) is 0 Å². The third-order valence-electron chi connectivity index (χ3n) is 5.48. The number of rotatable bonds is 10. The number of thiazole rings is 1. The summed E-state index contributed by atoms with van der Waals surface area (Å²) >= 11 is 1.56. The van der Waals surface area contributed by atoms with E-state index in [1.54, 1.807) is 18.4 Å². The summed E-state index contributed by atoms with van der Waals surface area (Å²) in [7, 11) is 1.55. The summed E-state index contributed by atoms with van der Waals surface area (Å²) in [5.41, 5.74) is 4.45. The van der Waals surface area contributed by atoms with Crippen molar-refractivity contribution in [2.75, 3.05) is 53.1 Å². The number of aromatic nitrogens is 1. The Morgan fingerprint density at radius 3 is 2.77 bits per heavy atom. The van der Waals surface area contributed by atoms with Gasteiger partial charge < -0.3 is 19.1 Å². The molecule has 1 aliphatic rings. The van der Waals surface area contributed by atoms with Crippen LogP contribution in [-0.4, -0.2) is 73.8 Å². The Bertz CT molecular complexity index is 865. The zero-order chi connectivity index (χ0) is 22.2. The van der Waals surface area contributed by atoms with Crippen molar-refractivity contribution in [2.45, 2.75) is 33.9 Å². The molecule has 7 nitrogen and oxygen atoms in total. The van der Waals surface area contributed by atoms with E-state index in [-0.39, 0.29) is 12.5 Å². The largest absolute Gasteiger partial charge is 0.486 e. The highest BCUT2D eigenvalue weighted by Crippen LogP contribution is 2.25. The van der Waals surface area contributed by atoms with Gasteiger partial charge in [0.15, 0.2) is 0 Å². The Morgan fingerprint density at radius 2 is 2.03 bits per heavy atom. The lowest BCUT2D eigenvalue weighted by Crippen LogP contribution is -2.43. The van der Waals surface area contributed by atoms with Crippen LogP contribution in [0, 0.1) is 20.8 Å². The molecule has 0 saturated carbocycles. The molecule has 3 rings (SSSR count). The van der Waals surface area contributed by atoms with E-state index in [0.29, 0.717) is 19.7 Å². The first-order valence-corrected chi connectivity index (χ1v) is 11.5. The van der Waals surface area contributed by atoms with E-state index in [4.69, 9.17) is 19.2 Å². The van der Waals surface area contributed by atoms with Crippen molar-refractivity contribution in [1.29, 1.82) is 0 Å². The predicted octanol–water partition coefficient (Wildman–Crippen LogP) is 2.95. The van der Waals surface area contributed by atoms with E-state index in [0.717, 1.165) is 54.9 Å². The maximum atomic E-state index is 12.5. The van der Waals surface area contributed by atoms with Crippen LogP contribution in [-0.2, 0) is 27.4 Å². The minimum absolute atomic E-state index is 0.0209. The summed E-state index contributed by atoms with van der Waals surface area (Å²) < 4.78 is 16.5. The molecule has 0 aliphatic carbocycles. The molecule has 1 amide bonds. The maximum Gasteiger partial charge on any atom is 0.248 e. The van der Waals surface area contributed by atoms with E-state index in [1.807, 2.05) is 10.3 Å². The van der Waals surface area contributed by atoms with Crippen molar-refractivity contribution in [3.05, 3.63) is 44.9 Å². The van der Waals surface area contributed by atoms with Gasteiger partial charge in [-0.1, -0.05) is 6.07 Å². The first kappa shape index (κ1) is 23.7. The molecule has 0 N–H and O–H groups in total. The molecule has 170 valence electrons. The Morgan fingerprint density at radius 1 is 1.26 bits per heavy atom. The molecule has 1 aromatic heterocycles. The maximum absolute atomic E-state index is 12.5. The van der Waals surface area contributed by atoms with Gasteiger partial charge in [0.25, 0.3) is 0 Å². The van der Waals surface area contributed by atoms with Gasteiger partial charge in [-0.2, -0.15) is 0 Å². The normalized spacial score (nSPS) is 14.6. The number of carbonyl (C=O) groups is 1. The summed E-state index contributed by atoms with van der Waals surface area (Å²) in [5, 5.41) is 2.91. The highest BCUT2D eigenvalue weighted by Gasteiger charge is 2.18. The number of carbonyl (C=O) groups excluding carboxylic acids is 1. The van der Waals surface area contributed by atoms with E-state index in [2.05, 4.69) is 37.8 Å². The van der Waals surface area contributed by atoms with Gasteiger partial charge in [0.1, 0.15) is 24.0 Å². The molecule has 0 atom stereocenters. The number of hydrogen-bond acceptors (Lipinski definition) is 7. The molecule has 0 bridgehead atoms. The van der Waals surface area contributed by atoms with Crippen molar-refractivity contribution in [2.24, 2.45) is 0 Å². The van der Waals surface area contributed by atoms with E-state index in [9.17, 15) is 4.79 Å². The standard InChI is InChI=1S/C23H33N3O4S/c1-17-11-18(2)19(3)21(12-17)30-14-22-24-20(16-31-22)13-26(23(27)15-28-4)6-5-25-7-9-29-10-8-25/h11-12,16H,5-10,13-15H2,1-4H3. The molecule has 1 aliphatic heterocycles. The molecular formula is C23H33N3O4S. The average Bonchev–Trinajstić information content (AvgIpc) is 3.21. The molecule has 8 heteroatoms. The Labute approximate surface area is 188 Å². The van der Waals surface area contributed by atoms with Crippen molar-refractivity contribution in [1.82, 2.24) is 14.8 Å². The molecule has 31 heavy (non-hydrogen) atoms. The second kappa shape index (κ2) is 11.6. The van der Waals surface area contributed by atoms with Gasteiger partial charge in [-0.25, -0.2) is 4.98 Å². The summed E-state index contributed by atoms with van der Waals surface area (Å²) in [5.74, 6) is 0.879. The number of benzene rings is 1. The van der Waals surface area contributed by atoms with Gasteiger partial charge in [0.05, 0.1) is 25.5 Å². The van der Waals surface area contributed by atoms with Crippen LogP contribution in [0.1, 0.15) is 27.4 Å². The lowest BCUT2D eigenvalue weighted by atomic mass is 10.1. The van der Waals surface area contributed by atoms with Crippen LogP contribution >= 0.6 is 11.3 Å². The van der Waals surface area contributed by atoms with Crippen molar-refractivity contribution in [3.8, 4) is 5.75 Å². The summed E-state index contributed by atoms with van der Waals surface area (Å²) in [6.45, 7) is 12.0. The fraction of sp³-hybridized carbons (Fsp3) is 0.565. The highest BCUT2D eigenvalue weighted by molar-refractivity contribution is 7.09. The number of morpholine rings is 1. The summed E-state index contributed by atoms with van der Waals surface area (Å²) in [4.78, 5) is 21.4. The molecule has 0 unspecified atom stereocenters. The van der Waals surface area contributed by atoms with E-state index >= 15 is 0 Å². The van der Waals surface area contributed by atoms with Gasteiger partial charge >= 0.3 is 0 Å². The van der Waals surface area contributed by atoms with Crippen molar-refractivity contribution >= 4 is 17.2 Å². The smallest absolute Gasteiger partial charge is 0.248 e. The van der Waals surface area contributed by atoms with Crippen LogP contribution in [0.4, 0.5) is 0 Å². The molecule has 1 saturated heterocycles. The molecule has 2 aromatic rings. The second-order valence-corrected chi connectivity index (χ2v) is 8.87. The first-order chi connectivity index (χ1) is 15.0. The van der Waals surface area contributed by atoms with Gasteiger partial charge in [0, 0.05) is 38.7 Å². The zero-order valence-corrected chi connectivity index (χ0v) is 19.8. The predicted molar refractivity (Wildman–Crippen MR) is 122 cm³/mol. The van der Waals surface area contributed by atoms with Gasteiger partial charge in [-0.15, -0.1) is 11.3 Å². The SMILES string of the molecule is COCC(=O)N(CCN1CCOCC1)Cc1csc(COc2cc(C)cc(C)c2C)n1. The summed E-state index contributed by atoms with van der Waals surface area (Å²) in [6, 6.07) is 4.22. The average molecular weight is 448 g/mol. The van der Waals surface area contributed by atoms with Gasteiger partial charge in [-0.05, 0) is 43.5 Å². The number of aryl methyl sites for hydroxylation is 2. The molecule has 1 aromatic carbocycles. The lowest BCUT2D eigenvalue weighted by molar-refractivity contribution is -0.136. The second-order valence-electron chi connectivity index (χ2n) is 7.93. The third-order valence-corrected chi connectivity index (χ3v) is 6.35. The quantitative estimate of drug-likeness (QED) is 0.558. The minimum atomic E-state index is -0.0209. The van der Waals surface area contributed by atoms with Crippen LogP contribution in [0.3, 0.4) is 0 Å². The van der Waals surface area contributed by atoms with Crippen LogP contribution in [0.2, 0.25) is 0 Å². The fourth-order valence-corrected chi connectivity index (χ4v) is 4.26. The number of hydrogen-bond donors (Lipinski definition) is 0. The van der Waals surface area contributed by atoms with Crippen molar-refractivity contribution < 1.29 is 19.0 Å². The Balaban J connectivity index is 1.58. The zero-order valence-electron chi connectivity index (χ0n) is 19.0. The molecule has 1 fully saturated rings. The highest BCUT2D eigenvalue weighted by atomic mass is 32.1. The molecule has 2 heterocycles. The van der Waals surface area contributed by atoms with Crippen LogP contribution in [0.25, 0.3) is 0 Å². The molecule has 0 spiro atoms. The Kier molecular flexibility index (Phi) is 8.83. The fourth-order valence-electron chi connectivity index (χ4n) is 3.57. The number of amides is 1. The van der Waals surface area contributed by atoms with Gasteiger partial charge in [-0.3, -0.25) is 9.69 Å². The van der Waals surface area contributed by atoms with Crippen LogP contribution in [0.5, 0.6) is 5.75 Å². The van der Waals surface area contributed by atoms with E-state index < -0.39 is 0 Å². The lowest BCUT2D eigenvalue weighted by Gasteiger charge is -2.29. The first-order valence-electron chi connectivity index (χ1n) is 10.7. The topological polar surface area (TPSA) is 64.1 Å².